The van der Waals surface area contributed by atoms with E-state index < -0.39 is 12.0 Å². The van der Waals surface area contributed by atoms with E-state index in [0.717, 1.165) is 18.4 Å². The zero-order valence-corrected chi connectivity index (χ0v) is 17.4. The molecule has 9 heteroatoms. The van der Waals surface area contributed by atoms with Crippen LogP contribution in [0.5, 0.6) is 11.5 Å². The fraction of sp³-hybridized carbons (Fsp3) is 0.500. The van der Waals surface area contributed by atoms with Crippen LogP contribution in [0.4, 0.5) is 5.95 Å². The van der Waals surface area contributed by atoms with Crippen LogP contribution in [-0.2, 0) is 9.53 Å². The number of unbranched alkanes of at least 4 members (excludes halogenated alkanes) is 1. The fourth-order valence-electron chi connectivity index (χ4n) is 3.16. The van der Waals surface area contributed by atoms with Crippen molar-refractivity contribution in [1.82, 2.24) is 20.2 Å². The summed E-state index contributed by atoms with van der Waals surface area (Å²) in [4.78, 5) is 12.9. The normalized spacial score (nSPS) is 15.7. The number of carbonyl (C=O) groups excluding carboxylic acids is 1. The number of allylic oxidation sites excluding steroid dienone is 1. The molecule has 0 spiro atoms. The van der Waals surface area contributed by atoms with Crippen LogP contribution in [0, 0.1) is 0 Å². The molecule has 1 N–H and O–H groups in total. The van der Waals surface area contributed by atoms with Crippen molar-refractivity contribution in [2.24, 2.45) is 0 Å². The van der Waals surface area contributed by atoms with Crippen LogP contribution in [0.25, 0.3) is 0 Å². The average Bonchev–Trinajstić information content (AvgIpc) is 3.14. The maximum atomic E-state index is 12.9. The number of esters is 1. The van der Waals surface area contributed by atoms with E-state index in [0.29, 0.717) is 35.3 Å². The number of rotatable bonds is 8. The molecule has 1 aromatic heterocycles. The van der Waals surface area contributed by atoms with Gasteiger partial charge in [0.2, 0.25) is 5.95 Å². The predicted molar refractivity (Wildman–Crippen MR) is 107 cm³/mol. The van der Waals surface area contributed by atoms with Gasteiger partial charge in [-0.05, 0) is 55.3 Å². The first kappa shape index (κ1) is 20.6. The monoisotopic (exact) mass is 401 g/mol. The number of nitrogens with one attached hydrogen (secondary N) is 1. The van der Waals surface area contributed by atoms with Gasteiger partial charge in [-0.15, -0.1) is 0 Å². The van der Waals surface area contributed by atoms with Crippen molar-refractivity contribution in [3.05, 3.63) is 35.0 Å². The van der Waals surface area contributed by atoms with E-state index in [2.05, 4.69) is 27.8 Å². The van der Waals surface area contributed by atoms with Gasteiger partial charge in [-0.1, -0.05) is 24.5 Å². The average molecular weight is 401 g/mol. The second kappa shape index (κ2) is 8.93. The molecule has 156 valence electrons. The third-order valence-corrected chi connectivity index (χ3v) is 4.54. The second-order valence-corrected chi connectivity index (χ2v) is 7.08. The lowest BCUT2D eigenvalue weighted by Gasteiger charge is -2.28. The molecule has 0 saturated carbocycles. The number of hydrogen-bond acceptors (Lipinski definition) is 8. The summed E-state index contributed by atoms with van der Waals surface area (Å²) in [5.41, 5.74) is 1.88. The Morgan fingerprint density at radius 3 is 2.79 bits per heavy atom. The summed E-state index contributed by atoms with van der Waals surface area (Å²) < 4.78 is 18.4. The number of methoxy groups -OCH3 is 1. The Kier molecular flexibility index (Phi) is 6.36. The van der Waals surface area contributed by atoms with Gasteiger partial charge in [0.05, 0.1) is 25.4 Å². The fourth-order valence-corrected chi connectivity index (χ4v) is 3.16. The molecule has 1 unspecified atom stereocenters. The molecule has 0 aliphatic carbocycles. The topological polar surface area (TPSA) is 100 Å². The highest BCUT2D eigenvalue weighted by Gasteiger charge is 2.35. The van der Waals surface area contributed by atoms with Crippen LogP contribution in [0.2, 0.25) is 0 Å². The summed E-state index contributed by atoms with van der Waals surface area (Å²) in [5, 5.41) is 14.9. The van der Waals surface area contributed by atoms with E-state index in [-0.39, 0.29) is 6.10 Å². The number of nitrogens with zero attached hydrogens (tertiary/aromatic N) is 4. The molecule has 0 radical (unpaired) electrons. The van der Waals surface area contributed by atoms with Crippen LogP contribution in [-0.4, -0.2) is 46.0 Å². The number of hydrogen-bond donors (Lipinski definition) is 1. The van der Waals surface area contributed by atoms with Gasteiger partial charge in [0.15, 0.2) is 11.5 Å². The smallest absolute Gasteiger partial charge is 0.338 e. The van der Waals surface area contributed by atoms with Crippen LogP contribution in [0.3, 0.4) is 0 Å². The largest absolute Gasteiger partial charge is 0.493 e. The number of tetrazole rings is 1. The van der Waals surface area contributed by atoms with Gasteiger partial charge in [0, 0.05) is 5.70 Å². The molecule has 1 aliphatic heterocycles. The first-order valence-corrected chi connectivity index (χ1v) is 9.73. The molecule has 29 heavy (non-hydrogen) atoms. The van der Waals surface area contributed by atoms with E-state index >= 15 is 0 Å². The van der Waals surface area contributed by atoms with Gasteiger partial charge in [-0.2, -0.15) is 4.68 Å². The van der Waals surface area contributed by atoms with Crippen molar-refractivity contribution in [3.63, 3.8) is 0 Å². The minimum absolute atomic E-state index is 0.248. The highest BCUT2D eigenvalue weighted by atomic mass is 16.5. The van der Waals surface area contributed by atoms with Gasteiger partial charge in [-0.25, -0.2) is 4.79 Å². The molecule has 1 aliphatic rings. The molecule has 0 bridgehead atoms. The Labute approximate surface area is 170 Å². The third-order valence-electron chi connectivity index (χ3n) is 4.54. The summed E-state index contributed by atoms with van der Waals surface area (Å²) in [6.45, 7) is 8.15. The van der Waals surface area contributed by atoms with Crippen molar-refractivity contribution in [2.45, 2.75) is 52.7 Å². The Hall–Kier alpha value is -3.10. The maximum Gasteiger partial charge on any atom is 0.338 e. The van der Waals surface area contributed by atoms with Gasteiger partial charge in [-0.3, -0.25) is 0 Å². The van der Waals surface area contributed by atoms with Crippen molar-refractivity contribution < 1.29 is 19.0 Å². The Morgan fingerprint density at radius 2 is 2.10 bits per heavy atom. The minimum Gasteiger partial charge on any atom is -0.493 e. The lowest BCUT2D eigenvalue weighted by Crippen LogP contribution is -2.30. The van der Waals surface area contributed by atoms with Crippen molar-refractivity contribution in [2.75, 3.05) is 19.0 Å². The van der Waals surface area contributed by atoms with Gasteiger partial charge in [0.25, 0.3) is 0 Å². The summed E-state index contributed by atoms with van der Waals surface area (Å²) in [6, 6.07) is 5.03. The molecule has 1 atom stereocenters. The second-order valence-electron chi connectivity index (χ2n) is 7.08. The molecule has 0 amide bonds. The summed E-state index contributed by atoms with van der Waals surface area (Å²) in [6.07, 6.45) is 1.76. The van der Waals surface area contributed by atoms with Crippen molar-refractivity contribution in [3.8, 4) is 11.5 Å². The Morgan fingerprint density at radius 1 is 1.31 bits per heavy atom. The summed E-state index contributed by atoms with van der Waals surface area (Å²) in [7, 11) is 1.59. The molecule has 2 aromatic rings. The predicted octanol–water partition coefficient (Wildman–Crippen LogP) is 3.10. The highest BCUT2D eigenvalue weighted by molar-refractivity contribution is 5.92. The highest BCUT2D eigenvalue weighted by Crippen LogP contribution is 2.38. The number of benzene rings is 1. The van der Waals surface area contributed by atoms with E-state index in [1.165, 1.54) is 0 Å². The van der Waals surface area contributed by atoms with Crippen LogP contribution >= 0.6 is 0 Å². The summed E-state index contributed by atoms with van der Waals surface area (Å²) >= 11 is 0. The number of ether oxygens (including phenoxy) is 3. The minimum atomic E-state index is -0.550. The third kappa shape index (κ3) is 4.33. The Bertz CT molecular complexity index is 906. The SMILES string of the molecule is CCCCOc1ccc(C2C(C(=O)OC(C)C)=C(C)Nc3nnnn32)cc1OC. The standard InChI is InChI=1S/C20H27N5O4/c1-6-7-10-28-15-9-8-14(11-16(15)27-5)18-17(19(26)29-12(2)3)13(4)21-20-22-23-24-25(18)20/h8-9,11-12,18H,6-7,10H2,1-5H3,(H,21,22,24). The van der Waals surface area contributed by atoms with E-state index in [4.69, 9.17) is 14.2 Å². The number of aromatic nitrogens is 4. The first-order chi connectivity index (χ1) is 14.0. The lowest BCUT2D eigenvalue weighted by atomic mass is 9.95. The van der Waals surface area contributed by atoms with Crippen LogP contribution in [0.1, 0.15) is 52.1 Å². The van der Waals surface area contributed by atoms with Gasteiger partial charge in [0.1, 0.15) is 6.04 Å². The Balaban J connectivity index is 2.02. The van der Waals surface area contributed by atoms with E-state index in [1.54, 1.807) is 11.8 Å². The maximum absolute atomic E-state index is 12.9. The van der Waals surface area contributed by atoms with Crippen molar-refractivity contribution in [1.29, 1.82) is 0 Å². The van der Waals surface area contributed by atoms with Crippen LogP contribution in [0.15, 0.2) is 29.5 Å². The molecule has 0 fully saturated rings. The van der Waals surface area contributed by atoms with Gasteiger partial charge >= 0.3 is 5.97 Å². The molecular weight excluding hydrogens is 374 g/mol. The van der Waals surface area contributed by atoms with Crippen molar-refractivity contribution >= 4 is 11.9 Å². The molecule has 0 saturated heterocycles. The molecular formula is C20H27N5O4. The first-order valence-electron chi connectivity index (χ1n) is 9.73. The number of fused-ring (bicyclic) bond motifs is 1. The molecule has 3 rings (SSSR count). The molecule has 9 nitrogen and oxygen atoms in total. The van der Waals surface area contributed by atoms with Gasteiger partial charge < -0.3 is 19.5 Å². The number of carbonyl (C=O) groups is 1. The van der Waals surface area contributed by atoms with Crippen LogP contribution < -0.4 is 14.8 Å². The zero-order chi connectivity index (χ0) is 21.0. The molecule has 1 aromatic carbocycles. The van der Waals surface area contributed by atoms with E-state index in [1.807, 2.05) is 39.0 Å². The lowest BCUT2D eigenvalue weighted by molar-refractivity contribution is -0.143. The quantitative estimate of drug-likeness (QED) is 0.532. The molecule has 2 heterocycles. The number of anilines is 1. The summed E-state index contributed by atoms with van der Waals surface area (Å²) in [5.74, 6) is 1.28. The van der Waals surface area contributed by atoms with E-state index in [9.17, 15) is 4.79 Å². The zero-order valence-electron chi connectivity index (χ0n) is 17.4.